The van der Waals surface area contributed by atoms with Crippen LogP contribution in [0.4, 0.5) is 0 Å². The number of guanidine groups is 1. The van der Waals surface area contributed by atoms with Crippen LogP contribution in [0.2, 0.25) is 0 Å². The Bertz CT molecular complexity index is 905. The molecule has 1 aliphatic rings. The summed E-state index contributed by atoms with van der Waals surface area (Å²) in [4.78, 5) is 6.76. The number of sulfonamides is 1. The largest absolute Gasteiger partial charge is 0.468 e. The first-order valence-electron chi connectivity index (χ1n) is 10.2. The number of benzene rings is 1. The molecular formula is C21H31N5O3S. The Morgan fingerprint density at radius 3 is 2.43 bits per heavy atom. The lowest BCUT2D eigenvalue weighted by Gasteiger charge is -2.26. The van der Waals surface area contributed by atoms with Crippen LogP contribution >= 0.6 is 0 Å². The first-order valence-corrected chi connectivity index (χ1v) is 11.9. The maximum atomic E-state index is 11.7. The minimum absolute atomic E-state index is 0.0227. The lowest BCUT2D eigenvalue weighted by Crippen LogP contribution is -2.42. The summed E-state index contributed by atoms with van der Waals surface area (Å²) in [5.74, 6) is 1.66. The molecule has 1 unspecified atom stereocenters. The Morgan fingerprint density at radius 1 is 1.13 bits per heavy atom. The SMILES string of the molecule is CN=C(NCc1ccc(CS(=O)(=O)NC)cc1)NCC(c1ccco1)N1CCCC1. The van der Waals surface area contributed by atoms with Gasteiger partial charge in [0.2, 0.25) is 10.0 Å². The van der Waals surface area contributed by atoms with Crippen molar-refractivity contribution in [3.8, 4) is 0 Å². The maximum absolute atomic E-state index is 11.7. The van der Waals surface area contributed by atoms with Crippen LogP contribution in [-0.2, 0) is 22.3 Å². The van der Waals surface area contributed by atoms with Crippen molar-refractivity contribution in [1.82, 2.24) is 20.3 Å². The molecule has 1 aromatic carbocycles. The van der Waals surface area contributed by atoms with Crippen molar-refractivity contribution < 1.29 is 12.8 Å². The van der Waals surface area contributed by atoms with E-state index in [4.69, 9.17) is 4.42 Å². The van der Waals surface area contributed by atoms with E-state index < -0.39 is 10.0 Å². The second-order valence-electron chi connectivity index (χ2n) is 7.36. The summed E-state index contributed by atoms with van der Waals surface area (Å²) in [5.41, 5.74) is 1.80. The van der Waals surface area contributed by atoms with Gasteiger partial charge >= 0.3 is 0 Å². The van der Waals surface area contributed by atoms with Crippen LogP contribution < -0.4 is 15.4 Å². The van der Waals surface area contributed by atoms with Gasteiger partial charge in [0.1, 0.15) is 5.76 Å². The van der Waals surface area contributed by atoms with Gasteiger partial charge in [-0.3, -0.25) is 9.89 Å². The quantitative estimate of drug-likeness (QED) is 0.412. The highest BCUT2D eigenvalue weighted by atomic mass is 32.2. The lowest BCUT2D eigenvalue weighted by molar-refractivity contribution is 0.215. The van der Waals surface area contributed by atoms with E-state index in [-0.39, 0.29) is 11.8 Å². The number of rotatable bonds is 9. The van der Waals surface area contributed by atoms with Gasteiger partial charge in [0.05, 0.1) is 18.1 Å². The van der Waals surface area contributed by atoms with Gasteiger partial charge < -0.3 is 15.1 Å². The minimum Gasteiger partial charge on any atom is -0.468 e. The molecule has 0 bridgehead atoms. The van der Waals surface area contributed by atoms with Gasteiger partial charge in [-0.05, 0) is 56.2 Å². The normalized spacial score (nSPS) is 16.5. The van der Waals surface area contributed by atoms with E-state index in [9.17, 15) is 8.42 Å². The van der Waals surface area contributed by atoms with Crippen LogP contribution in [0.1, 0.15) is 35.8 Å². The van der Waals surface area contributed by atoms with Crippen LogP contribution in [0.25, 0.3) is 0 Å². The monoisotopic (exact) mass is 433 g/mol. The summed E-state index contributed by atoms with van der Waals surface area (Å²) >= 11 is 0. The van der Waals surface area contributed by atoms with Gasteiger partial charge in [-0.25, -0.2) is 13.1 Å². The summed E-state index contributed by atoms with van der Waals surface area (Å²) in [6.07, 6.45) is 4.16. The molecule has 1 saturated heterocycles. The molecule has 9 heteroatoms. The van der Waals surface area contributed by atoms with E-state index in [1.807, 2.05) is 36.4 Å². The third-order valence-corrected chi connectivity index (χ3v) is 6.63. The van der Waals surface area contributed by atoms with Crippen LogP contribution in [0.5, 0.6) is 0 Å². The van der Waals surface area contributed by atoms with Crippen molar-refractivity contribution >= 4 is 16.0 Å². The van der Waals surface area contributed by atoms with Crippen molar-refractivity contribution in [3.05, 3.63) is 59.5 Å². The first-order chi connectivity index (χ1) is 14.5. The van der Waals surface area contributed by atoms with Gasteiger partial charge in [-0.2, -0.15) is 0 Å². The molecule has 0 amide bonds. The molecule has 8 nitrogen and oxygen atoms in total. The van der Waals surface area contributed by atoms with Crippen LogP contribution in [0, 0.1) is 0 Å². The van der Waals surface area contributed by atoms with Gasteiger partial charge in [-0.1, -0.05) is 24.3 Å². The fourth-order valence-corrected chi connectivity index (χ4v) is 4.36. The zero-order chi connectivity index (χ0) is 21.4. The van der Waals surface area contributed by atoms with Gasteiger partial charge in [-0.15, -0.1) is 0 Å². The molecule has 0 saturated carbocycles. The summed E-state index contributed by atoms with van der Waals surface area (Å²) < 4.78 is 31.3. The summed E-state index contributed by atoms with van der Waals surface area (Å²) in [6.45, 7) is 3.45. The third kappa shape index (κ3) is 6.32. The molecule has 2 heterocycles. The zero-order valence-corrected chi connectivity index (χ0v) is 18.4. The van der Waals surface area contributed by atoms with E-state index in [0.717, 1.165) is 30.0 Å². The molecule has 0 radical (unpaired) electrons. The number of aliphatic imine (C=N–C) groups is 1. The molecule has 1 fully saturated rings. The molecule has 2 aromatic rings. The second-order valence-corrected chi connectivity index (χ2v) is 9.29. The maximum Gasteiger partial charge on any atom is 0.215 e. The van der Waals surface area contributed by atoms with Gasteiger partial charge in [0.25, 0.3) is 0 Å². The van der Waals surface area contributed by atoms with Crippen molar-refractivity contribution in [2.75, 3.05) is 33.7 Å². The van der Waals surface area contributed by atoms with Crippen molar-refractivity contribution in [1.29, 1.82) is 0 Å². The van der Waals surface area contributed by atoms with E-state index in [0.29, 0.717) is 19.0 Å². The van der Waals surface area contributed by atoms with Crippen molar-refractivity contribution in [3.63, 3.8) is 0 Å². The number of furan rings is 1. The van der Waals surface area contributed by atoms with Gasteiger partial charge in [0.15, 0.2) is 5.96 Å². The Labute approximate surface area is 178 Å². The number of hydrogen-bond donors (Lipinski definition) is 3. The van der Waals surface area contributed by atoms with E-state index in [2.05, 4.69) is 25.2 Å². The van der Waals surface area contributed by atoms with Gasteiger partial charge in [0, 0.05) is 20.1 Å². The second kappa shape index (κ2) is 10.6. The number of likely N-dealkylation sites (tertiary alicyclic amines) is 1. The van der Waals surface area contributed by atoms with Crippen LogP contribution in [-0.4, -0.2) is 53.0 Å². The minimum atomic E-state index is -3.26. The molecule has 1 aromatic heterocycles. The topological polar surface area (TPSA) is 99.0 Å². The molecule has 3 rings (SSSR count). The fourth-order valence-electron chi connectivity index (χ4n) is 3.59. The fraction of sp³-hybridized carbons (Fsp3) is 0.476. The number of nitrogens with zero attached hydrogens (tertiary/aromatic N) is 2. The number of nitrogens with one attached hydrogen (secondary N) is 3. The molecule has 3 N–H and O–H groups in total. The predicted molar refractivity (Wildman–Crippen MR) is 119 cm³/mol. The Morgan fingerprint density at radius 2 is 1.83 bits per heavy atom. The molecule has 1 atom stereocenters. The van der Waals surface area contributed by atoms with E-state index >= 15 is 0 Å². The van der Waals surface area contributed by atoms with Crippen LogP contribution in [0.3, 0.4) is 0 Å². The molecule has 0 spiro atoms. The summed E-state index contributed by atoms with van der Waals surface area (Å²) in [7, 11) is -0.0910. The van der Waals surface area contributed by atoms with Crippen LogP contribution in [0.15, 0.2) is 52.1 Å². The molecule has 1 aliphatic heterocycles. The van der Waals surface area contributed by atoms with E-state index in [1.165, 1.54) is 19.9 Å². The summed E-state index contributed by atoms with van der Waals surface area (Å²) in [5, 5.41) is 6.72. The van der Waals surface area contributed by atoms with Crippen molar-refractivity contribution in [2.24, 2.45) is 4.99 Å². The summed E-state index contributed by atoms with van der Waals surface area (Å²) in [6, 6.07) is 11.7. The number of hydrogen-bond acceptors (Lipinski definition) is 5. The predicted octanol–water partition coefficient (Wildman–Crippen LogP) is 1.83. The third-order valence-electron chi connectivity index (χ3n) is 5.29. The van der Waals surface area contributed by atoms with Crippen molar-refractivity contribution in [2.45, 2.75) is 31.2 Å². The average molecular weight is 434 g/mol. The molecule has 164 valence electrons. The highest BCUT2D eigenvalue weighted by Crippen LogP contribution is 2.24. The standard InChI is InChI=1S/C21H31N5O3S/c1-22-21(24-14-17-7-9-18(10-8-17)16-30(27,28)23-2)25-15-19(20-6-5-13-29-20)26-11-3-4-12-26/h5-10,13,19,23H,3-4,11-12,14-16H2,1-2H3,(H2,22,24,25). The first kappa shape index (κ1) is 22.3. The Kier molecular flexibility index (Phi) is 7.89. The highest BCUT2D eigenvalue weighted by Gasteiger charge is 2.25. The van der Waals surface area contributed by atoms with E-state index in [1.54, 1.807) is 13.3 Å². The molecular weight excluding hydrogens is 402 g/mol. The Hall–Kier alpha value is -2.36. The molecule has 0 aliphatic carbocycles. The average Bonchev–Trinajstić information content (AvgIpc) is 3.46. The zero-order valence-electron chi connectivity index (χ0n) is 17.6. The highest BCUT2D eigenvalue weighted by molar-refractivity contribution is 7.88. The smallest absolute Gasteiger partial charge is 0.215 e. The lowest BCUT2D eigenvalue weighted by atomic mass is 10.1. The molecule has 30 heavy (non-hydrogen) atoms. The Balaban J connectivity index is 1.53.